The van der Waals surface area contributed by atoms with Crippen molar-refractivity contribution in [1.29, 1.82) is 0 Å². The first-order valence-corrected chi connectivity index (χ1v) is 9.27. The number of rotatable bonds is 4. The summed E-state index contributed by atoms with van der Waals surface area (Å²) in [6, 6.07) is 9.47. The van der Waals surface area contributed by atoms with E-state index in [1.54, 1.807) is 12.1 Å². The first kappa shape index (κ1) is 16.8. The molecule has 0 fully saturated rings. The molecule has 2 aromatic rings. The number of hydrogen-bond donors (Lipinski definition) is 1. The summed E-state index contributed by atoms with van der Waals surface area (Å²) in [7, 11) is -3.99. The van der Waals surface area contributed by atoms with Gasteiger partial charge in [-0.25, -0.2) is 13.6 Å². The number of aliphatic imine (C=N–C) groups is 1. The Hall–Kier alpha value is -2.02. The van der Waals surface area contributed by atoms with E-state index in [-0.39, 0.29) is 21.3 Å². The number of sulfonamides is 1. The van der Waals surface area contributed by atoms with E-state index in [0.29, 0.717) is 12.1 Å². The lowest BCUT2D eigenvalue weighted by molar-refractivity contribution is 0.103. The zero-order chi connectivity index (χ0) is 17.5. The van der Waals surface area contributed by atoms with Crippen LogP contribution in [0.25, 0.3) is 0 Å². The van der Waals surface area contributed by atoms with E-state index in [1.807, 2.05) is 13.0 Å². The monoisotopic (exact) mass is 362 g/mol. The van der Waals surface area contributed by atoms with Crippen LogP contribution in [0.5, 0.6) is 0 Å². The molecule has 0 unspecified atom stereocenters. The summed E-state index contributed by atoms with van der Waals surface area (Å²) in [5.41, 5.74) is 3.79. The Kier molecular flexibility index (Phi) is 4.29. The number of carbonyl (C=O) groups excluding carboxylic acids is 1. The van der Waals surface area contributed by atoms with Crippen molar-refractivity contribution in [3.05, 3.63) is 63.7 Å². The Morgan fingerprint density at radius 2 is 1.88 bits per heavy atom. The van der Waals surface area contributed by atoms with Crippen molar-refractivity contribution < 1.29 is 13.2 Å². The Morgan fingerprint density at radius 3 is 2.54 bits per heavy atom. The average molecular weight is 363 g/mol. The van der Waals surface area contributed by atoms with Gasteiger partial charge in [0.15, 0.2) is 5.78 Å². The molecule has 0 spiro atoms. The highest BCUT2D eigenvalue weighted by molar-refractivity contribution is 7.89. The number of carbonyl (C=O) groups is 1. The van der Waals surface area contributed by atoms with E-state index in [2.05, 4.69) is 4.99 Å². The standard InChI is InChI=1S/C17H15ClN2O3S/c1-2-15-13-5-3-10(7-12(13)9-20-15)17(21)11-4-6-14(18)16(8-11)24(19,22)23/h3-8H,2,9H2,1H3,(H2,19,22,23). The number of nitrogens with two attached hydrogens (primary N) is 1. The Balaban J connectivity index is 2.00. The minimum atomic E-state index is -3.99. The topological polar surface area (TPSA) is 89.6 Å². The lowest BCUT2D eigenvalue weighted by Gasteiger charge is -2.08. The fourth-order valence-corrected chi connectivity index (χ4v) is 3.82. The van der Waals surface area contributed by atoms with Gasteiger partial charge in [0.1, 0.15) is 4.90 Å². The number of fused-ring (bicyclic) bond motifs is 1. The van der Waals surface area contributed by atoms with Crippen molar-refractivity contribution >= 4 is 33.1 Å². The lowest BCUT2D eigenvalue weighted by atomic mass is 9.97. The Morgan fingerprint density at radius 1 is 1.21 bits per heavy atom. The molecule has 2 N–H and O–H groups in total. The summed E-state index contributed by atoms with van der Waals surface area (Å²) in [5.74, 6) is -0.288. The molecule has 7 heteroatoms. The van der Waals surface area contributed by atoms with Crippen LogP contribution in [-0.4, -0.2) is 19.9 Å². The van der Waals surface area contributed by atoms with Gasteiger partial charge in [-0.05, 0) is 36.2 Å². The van der Waals surface area contributed by atoms with Crippen LogP contribution in [0.1, 0.15) is 40.4 Å². The largest absolute Gasteiger partial charge is 0.289 e. The minimum Gasteiger partial charge on any atom is -0.289 e. The van der Waals surface area contributed by atoms with Crippen molar-refractivity contribution in [2.24, 2.45) is 10.1 Å². The zero-order valence-corrected chi connectivity index (χ0v) is 14.5. The molecular weight excluding hydrogens is 348 g/mol. The van der Waals surface area contributed by atoms with Gasteiger partial charge in [0.05, 0.1) is 11.6 Å². The quantitative estimate of drug-likeness (QED) is 0.848. The van der Waals surface area contributed by atoms with Gasteiger partial charge in [0, 0.05) is 22.4 Å². The first-order valence-electron chi connectivity index (χ1n) is 7.35. The second-order valence-electron chi connectivity index (χ2n) is 5.51. The van der Waals surface area contributed by atoms with E-state index >= 15 is 0 Å². The Labute approximate surface area is 145 Å². The first-order chi connectivity index (χ1) is 11.3. The molecule has 0 atom stereocenters. The van der Waals surface area contributed by atoms with Crippen LogP contribution in [0, 0.1) is 0 Å². The molecule has 0 saturated heterocycles. The molecule has 0 aromatic heterocycles. The van der Waals surface area contributed by atoms with Crippen LogP contribution in [0.2, 0.25) is 5.02 Å². The van der Waals surface area contributed by atoms with Crippen LogP contribution in [-0.2, 0) is 16.6 Å². The number of halogens is 1. The average Bonchev–Trinajstić information content (AvgIpc) is 2.95. The molecule has 0 saturated carbocycles. The van der Waals surface area contributed by atoms with Crippen LogP contribution >= 0.6 is 11.6 Å². The van der Waals surface area contributed by atoms with E-state index in [0.717, 1.165) is 23.3 Å². The predicted molar refractivity (Wildman–Crippen MR) is 93.2 cm³/mol. The third-order valence-electron chi connectivity index (χ3n) is 3.95. The van der Waals surface area contributed by atoms with Crippen LogP contribution in [0.4, 0.5) is 0 Å². The van der Waals surface area contributed by atoms with E-state index in [9.17, 15) is 13.2 Å². The summed E-state index contributed by atoms with van der Waals surface area (Å²) >= 11 is 5.85. The highest BCUT2D eigenvalue weighted by atomic mass is 35.5. The highest BCUT2D eigenvalue weighted by Gasteiger charge is 2.20. The lowest BCUT2D eigenvalue weighted by Crippen LogP contribution is -2.14. The number of nitrogens with zero attached hydrogens (tertiary/aromatic N) is 1. The van der Waals surface area contributed by atoms with E-state index in [1.165, 1.54) is 18.2 Å². The van der Waals surface area contributed by atoms with Crippen molar-refractivity contribution in [3.8, 4) is 0 Å². The van der Waals surface area contributed by atoms with Crippen molar-refractivity contribution in [2.45, 2.75) is 24.8 Å². The van der Waals surface area contributed by atoms with Gasteiger partial charge in [-0.15, -0.1) is 0 Å². The summed E-state index contributed by atoms with van der Waals surface area (Å²) in [6.45, 7) is 2.60. The van der Waals surface area contributed by atoms with Crippen LogP contribution < -0.4 is 5.14 Å². The zero-order valence-electron chi connectivity index (χ0n) is 12.9. The molecule has 0 radical (unpaired) electrons. The number of benzene rings is 2. The second kappa shape index (κ2) is 6.12. The number of ketones is 1. The van der Waals surface area contributed by atoms with Crippen LogP contribution in [0.3, 0.4) is 0 Å². The predicted octanol–water partition coefficient (Wildman–Crippen LogP) is 2.93. The molecule has 1 heterocycles. The molecule has 0 amide bonds. The van der Waals surface area contributed by atoms with Crippen molar-refractivity contribution in [2.75, 3.05) is 0 Å². The van der Waals surface area contributed by atoms with Crippen molar-refractivity contribution in [1.82, 2.24) is 0 Å². The number of primary sulfonamides is 1. The van der Waals surface area contributed by atoms with Gasteiger partial charge in [0.2, 0.25) is 10.0 Å². The normalized spacial score (nSPS) is 13.5. The maximum Gasteiger partial charge on any atom is 0.239 e. The van der Waals surface area contributed by atoms with Crippen LogP contribution in [0.15, 0.2) is 46.3 Å². The summed E-state index contributed by atoms with van der Waals surface area (Å²) in [5, 5.41) is 5.12. The van der Waals surface area contributed by atoms with Gasteiger partial charge >= 0.3 is 0 Å². The molecule has 1 aliphatic heterocycles. The Bertz CT molecular complexity index is 981. The molecule has 2 aromatic carbocycles. The fourth-order valence-electron chi connectivity index (χ4n) is 2.74. The van der Waals surface area contributed by atoms with Gasteiger partial charge in [-0.1, -0.05) is 30.7 Å². The summed E-state index contributed by atoms with van der Waals surface area (Å²) < 4.78 is 23.1. The smallest absolute Gasteiger partial charge is 0.239 e. The maximum absolute atomic E-state index is 12.7. The summed E-state index contributed by atoms with van der Waals surface area (Å²) in [4.78, 5) is 16.9. The minimum absolute atomic E-state index is 0.0102. The molecule has 0 bridgehead atoms. The molecule has 24 heavy (non-hydrogen) atoms. The van der Waals surface area contributed by atoms with Gasteiger partial charge in [-0.2, -0.15) is 0 Å². The van der Waals surface area contributed by atoms with Crippen molar-refractivity contribution in [3.63, 3.8) is 0 Å². The maximum atomic E-state index is 12.7. The van der Waals surface area contributed by atoms with E-state index < -0.39 is 10.0 Å². The molecule has 5 nitrogen and oxygen atoms in total. The highest BCUT2D eigenvalue weighted by Crippen LogP contribution is 2.25. The SMILES string of the molecule is CCC1=NCc2cc(C(=O)c3ccc(Cl)c(S(N)(=O)=O)c3)ccc21. The molecular formula is C17H15ClN2O3S. The van der Waals surface area contributed by atoms with Gasteiger partial charge < -0.3 is 0 Å². The summed E-state index contributed by atoms with van der Waals surface area (Å²) in [6.07, 6.45) is 0.842. The van der Waals surface area contributed by atoms with Gasteiger partial charge in [-0.3, -0.25) is 9.79 Å². The van der Waals surface area contributed by atoms with E-state index in [4.69, 9.17) is 16.7 Å². The van der Waals surface area contributed by atoms with Gasteiger partial charge in [0.25, 0.3) is 0 Å². The molecule has 1 aliphatic rings. The molecule has 124 valence electrons. The molecule has 0 aliphatic carbocycles. The fraction of sp³-hybridized carbons (Fsp3) is 0.176. The molecule has 3 rings (SSSR count). The third kappa shape index (κ3) is 3.00. The second-order valence-corrected chi connectivity index (χ2v) is 7.44. The third-order valence-corrected chi connectivity index (χ3v) is 5.35. The number of hydrogen-bond acceptors (Lipinski definition) is 4.